The third kappa shape index (κ3) is 3.46. The Labute approximate surface area is 146 Å². The zero-order valence-electron chi connectivity index (χ0n) is 13.8. The molecule has 1 saturated heterocycles. The van der Waals surface area contributed by atoms with Gasteiger partial charge >= 0.3 is 0 Å². The Morgan fingerprint density at radius 2 is 1.80 bits per heavy atom. The van der Waals surface area contributed by atoms with Crippen molar-refractivity contribution in [2.24, 2.45) is 0 Å². The summed E-state index contributed by atoms with van der Waals surface area (Å²) < 4.78 is 5.35. The van der Waals surface area contributed by atoms with Crippen molar-refractivity contribution in [1.82, 2.24) is 4.98 Å². The van der Waals surface area contributed by atoms with Gasteiger partial charge in [-0.25, -0.2) is 4.98 Å². The number of morpholine rings is 1. The third-order valence-corrected chi connectivity index (χ3v) is 4.35. The van der Waals surface area contributed by atoms with Crippen LogP contribution in [0.3, 0.4) is 0 Å². The molecular weight excluding hydrogens is 314 g/mol. The first kappa shape index (κ1) is 15.6. The van der Waals surface area contributed by atoms with Crippen LogP contribution in [0.1, 0.15) is 10.4 Å². The number of carbonyl (C=O) groups excluding carboxylic acids is 1. The number of carbonyl (C=O) groups is 1. The number of ether oxygens (including phenoxy) is 1. The van der Waals surface area contributed by atoms with Crippen molar-refractivity contribution in [3.8, 4) is 0 Å². The summed E-state index contributed by atoms with van der Waals surface area (Å²) in [6.45, 7) is 3.09. The largest absolute Gasteiger partial charge is 0.378 e. The molecule has 25 heavy (non-hydrogen) atoms. The van der Waals surface area contributed by atoms with E-state index in [0.717, 1.165) is 35.4 Å². The Hall–Kier alpha value is -2.92. The summed E-state index contributed by atoms with van der Waals surface area (Å²) in [5.41, 5.74) is 1.33. The van der Waals surface area contributed by atoms with Crippen molar-refractivity contribution in [2.45, 2.75) is 0 Å². The quantitative estimate of drug-likeness (QED) is 0.799. The molecule has 2 aromatic carbocycles. The number of benzene rings is 2. The average molecular weight is 333 g/mol. The Kier molecular flexibility index (Phi) is 4.31. The minimum Gasteiger partial charge on any atom is -0.378 e. The number of nitrogens with zero attached hydrogens (tertiary/aromatic N) is 2. The van der Waals surface area contributed by atoms with Crippen molar-refractivity contribution in [2.75, 3.05) is 36.5 Å². The number of aromatic nitrogens is 1. The lowest BCUT2D eigenvalue weighted by molar-refractivity contribution is 0.102. The van der Waals surface area contributed by atoms with Crippen molar-refractivity contribution in [1.29, 1.82) is 0 Å². The predicted octanol–water partition coefficient (Wildman–Crippen LogP) is 3.32. The molecule has 1 amide bonds. The van der Waals surface area contributed by atoms with Gasteiger partial charge < -0.3 is 15.0 Å². The molecule has 0 radical (unpaired) electrons. The highest BCUT2D eigenvalue weighted by atomic mass is 16.5. The van der Waals surface area contributed by atoms with Crippen LogP contribution in [0.15, 0.2) is 60.8 Å². The summed E-state index contributed by atoms with van der Waals surface area (Å²) >= 11 is 0. The van der Waals surface area contributed by atoms with E-state index >= 15 is 0 Å². The van der Waals surface area contributed by atoms with E-state index < -0.39 is 0 Å². The van der Waals surface area contributed by atoms with Crippen LogP contribution in [0.25, 0.3) is 10.8 Å². The molecule has 0 bridgehead atoms. The fraction of sp³-hybridized carbons (Fsp3) is 0.200. The predicted molar refractivity (Wildman–Crippen MR) is 99.2 cm³/mol. The molecule has 0 aliphatic carbocycles. The van der Waals surface area contributed by atoms with Crippen molar-refractivity contribution >= 4 is 28.2 Å². The van der Waals surface area contributed by atoms with Gasteiger partial charge in [-0.15, -0.1) is 0 Å². The van der Waals surface area contributed by atoms with Gasteiger partial charge in [0.2, 0.25) is 0 Å². The monoisotopic (exact) mass is 333 g/mol. The average Bonchev–Trinajstić information content (AvgIpc) is 2.69. The molecule has 1 aromatic heterocycles. The highest BCUT2D eigenvalue weighted by Crippen LogP contribution is 2.20. The van der Waals surface area contributed by atoms with Gasteiger partial charge in [0.15, 0.2) is 0 Å². The second-order valence-corrected chi connectivity index (χ2v) is 6.02. The molecule has 0 atom stereocenters. The molecule has 126 valence electrons. The molecule has 1 N–H and O–H groups in total. The molecule has 5 heteroatoms. The number of hydrogen-bond acceptors (Lipinski definition) is 4. The fourth-order valence-corrected chi connectivity index (χ4v) is 2.97. The van der Waals surface area contributed by atoms with E-state index in [2.05, 4.69) is 21.3 Å². The summed E-state index contributed by atoms with van der Waals surface area (Å²) in [4.78, 5) is 19.0. The first-order valence-corrected chi connectivity index (χ1v) is 8.38. The maximum Gasteiger partial charge on any atom is 0.257 e. The zero-order chi connectivity index (χ0) is 17.1. The molecule has 5 nitrogen and oxygen atoms in total. The summed E-state index contributed by atoms with van der Waals surface area (Å²) in [6, 6.07) is 17.7. The Morgan fingerprint density at radius 1 is 1.00 bits per heavy atom. The van der Waals surface area contributed by atoms with Crippen LogP contribution >= 0.6 is 0 Å². The van der Waals surface area contributed by atoms with Crippen LogP contribution < -0.4 is 10.2 Å². The molecule has 4 rings (SSSR count). The molecule has 3 aromatic rings. The molecule has 0 spiro atoms. The highest BCUT2D eigenvalue weighted by Gasteiger charge is 2.13. The summed E-state index contributed by atoms with van der Waals surface area (Å²) in [7, 11) is 0. The van der Waals surface area contributed by atoms with E-state index in [9.17, 15) is 4.79 Å². The van der Waals surface area contributed by atoms with Crippen molar-refractivity contribution in [3.05, 3.63) is 66.4 Å². The van der Waals surface area contributed by atoms with E-state index in [1.54, 1.807) is 6.20 Å². The molecule has 0 unspecified atom stereocenters. The lowest BCUT2D eigenvalue weighted by Crippen LogP contribution is -2.36. The standard InChI is InChI=1S/C20H19N3O2/c24-20(22-18-7-5-15-3-1-2-4-16(15)13-18)17-6-8-19(21-14-17)23-9-11-25-12-10-23/h1-8,13-14H,9-12H2,(H,22,24). The number of amides is 1. The first-order chi connectivity index (χ1) is 12.3. The number of hydrogen-bond donors (Lipinski definition) is 1. The van der Waals surface area contributed by atoms with Gasteiger partial charge in [0.25, 0.3) is 5.91 Å². The van der Waals surface area contributed by atoms with Crippen molar-refractivity contribution in [3.63, 3.8) is 0 Å². The molecule has 0 saturated carbocycles. The summed E-state index contributed by atoms with van der Waals surface area (Å²) in [5.74, 6) is 0.724. The maximum absolute atomic E-state index is 12.5. The lowest BCUT2D eigenvalue weighted by atomic mass is 10.1. The Morgan fingerprint density at radius 3 is 2.56 bits per heavy atom. The van der Waals surface area contributed by atoms with E-state index in [0.29, 0.717) is 18.8 Å². The number of pyridine rings is 1. The molecule has 1 fully saturated rings. The minimum absolute atomic E-state index is 0.156. The highest BCUT2D eigenvalue weighted by molar-refractivity contribution is 6.05. The summed E-state index contributed by atoms with van der Waals surface area (Å²) in [6.07, 6.45) is 1.63. The number of nitrogens with one attached hydrogen (secondary N) is 1. The van der Waals surface area contributed by atoms with Gasteiger partial charge in [-0.05, 0) is 35.0 Å². The summed E-state index contributed by atoms with van der Waals surface area (Å²) in [5, 5.41) is 5.19. The first-order valence-electron chi connectivity index (χ1n) is 8.38. The van der Waals surface area contributed by atoms with Crippen LogP contribution in [0.4, 0.5) is 11.5 Å². The fourth-order valence-electron chi connectivity index (χ4n) is 2.97. The van der Waals surface area contributed by atoms with Gasteiger partial charge in [0.1, 0.15) is 5.82 Å². The molecule has 1 aliphatic heterocycles. The Bertz CT molecular complexity index is 887. The van der Waals surface area contributed by atoms with Gasteiger partial charge in [0.05, 0.1) is 18.8 Å². The Balaban J connectivity index is 1.48. The second-order valence-electron chi connectivity index (χ2n) is 6.02. The van der Waals surface area contributed by atoms with Gasteiger partial charge in [-0.2, -0.15) is 0 Å². The lowest BCUT2D eigenvalue weighted by Gasteiger charge is -2.27. The van der Waals surface area contributed by atoms with Crippen LogP contribution in [-0.4, -0.2) is 37.2 Å². The zero-order valence-corrected chi connectivity index (χ0v) is 13.8. The smallest absolute Gasteiger partial charge is 0.257 e. The second kappa shape index (κ2) is 6.91. The van der Waals surface area contributed by atoms with Crippen LogP contribution in [-0.2, 0) is 4.74 Å². The minimum atomic E-state index is -0.156. The normalized spacial score (nSPS) is 14.5. The van der Waals surface area contributed by atoms with Crippen LogP contribution in [0.5, 0.6) is 0 Å². The van der Waals surface area contributed by atoms with E-state index in [1.165, 1.54) is 0 Å². The van der Waals surface area contributed by atoms with Gasteiger partial charge in [0, 0.05) is 25.0 Å². The van der Waals surface area contributed by atoms with Gasteiger partial charge in [-0.1, -0.05) is 30.3 Å². The van der Waals surface area contributed by atoms with E-state index in [1.807, 2.05) is 48.5 Å². The number of rotatable bonds is 3. The van der Waals surface area contributed by atoms with Crippen LogP contribution in [0, 0.1) is 0 Å². The molecule has 2 heterocycles. The van der Waals surface area contributed by atoms with Gasteiger partial charge in [-0.3, -0.25) is 4.79 Å². The maximum atomic E-state index is 12.5. The SMILES string of the molecule is O=C(Nc1ccc2ccccc2c1)c1ccc(N2CCOCC2)nc1. The molecule has 1 aliphatic rings. The topological polar surface area (TPSA) is 54.5 Å². The van der Waals surface area contributed by atoms with Crippen molar-refractivity contribution < 1.29 is 9.53 Å². The number of fused-ring (bicyclic) bond motifs is 1. The third-order valence-electron chi connectivity index (χ3n) is 4.35. The van der Waals surface area contributed by atoms with E-state index in [-0.39, 0.29) is 5.91 Å². The van der Waals surface area contributed by atoms with Crippen LogP contribution in [0.2, 0.25) is 0 Å². The number of anilines is 2. The molecular formula is C20H19N3O2. The van der Waals surface area contributed by atoms with E-state index in [4.69, 9.17) is 4.74 Å².